The Hall–Kier alpha value is -3.33. The van der Waals surface area contributed by atoms with E-state index in [0.29, 0.717) is 12.2 Å². The van der Waals surface area contributed by atoms with Crippen LogP contribution in [0.1, 0.15) is 19.1 Å². The van der Waals surface area contributed by atoms with Crippen molar-refractivity contribution in [3.8, 4) is 6.07 Å². The van der Waals surface area contributed by atoms with E-state index in [1.807, 2.05) is 43.3 Å². The quantitative estimate of drug-likeness (QED) is 0.687. The van der Waals surface area contributed by atoms with Crippen molar-refractivity contribution in [1.29, 1.82) is 5.26 Å². The molecule has 6 heteroatoms. The number of rotatable bonds is 4. The Bertz CT molecular complexity index is 835. The van der Waals surface area contributed by atoms with Gasteiger partial charge in [-0.3, -0.25) is 9.59 Å². The Morgan fingerprint density at radius 3 is 2.72 bits per heavy atom. The van der Waals surface area contributed by atoms with Crippen LogP contribution in [0.25, 0.3) is 6.08 Å². The number of para-hydroxylation sites is 1. The van der Waals surface area contributed by atoms with Crippen LogP contribution in [0.5, 0.6) is 0 Å². The summed E-state index contributed by atoms with van der Waals surface area (Å²) in [5.74, 6) is -0.356. The number of anilines is 1. The zero-order valence-electron chi connectivity index (χ0n) is 13.7. The largest absolute Gasteiger partial charge is 0.465 e. The second kappa shape index (κ2) is 7.05. The molecule has 1 aliphatic rings. The van der Waals surface area contributed by atoms with Crippen LogP contribution < -0.4 is 10.2 Å². The predicted molar refractivity (Wildman–Crippen MR) is 92.2 cm³/mol. The Kier molecular flexibility index (Phi) is 4.66. The normalized spacial score (nSPS) is 20.4. The molecule has 6 nitrogen and oxygen atoms in total. The number of benzene rings is 1. The summed E-state index contributed by atoms with van der Waals surface area (Å²) in [6, 6.07) is 13.8. The second-order valence-corrected chi connectivity index (χ2v) is 5.84. The van der Waals surface area contributed by atoms with E-state index in [1.54, 1.807) is 17.0 Å². The highest BCUT2D eigenvalue weighted by Crippen LogP contribution is 2.26. The number of nitrogens with one attached hydrogen (secondary N) is 1. The summed E-state index contributed by atoms with van der Waals surface area (Å²) in [5.41, 5.74) is 0.692. The number of carbonyl (C=O) groups excluding carboxylic acids is 2. The molecule has 1 fully saturated rings. The van der Waals surface area contributed by atoms with Crippen LogP contribution >= 0.6 is 0 Å². The molecule has 0 aliphatic carbocycles. The maximum Gasteiger partial charge on any atom is 0.262 e. The fourth-order valence-corrected chi connectivity index (χ4v) is 2.92. The van der Waals surface area contributed by atoms with Crippen LogP contribution in [0.4, 0.5) is 5.69 Å². The van der Waals surface area contributed by atoms with Gasteiger partial charge in [-0.1, -0.05) is 18.2 Å². The van der Waals surface area contributed by atoms with E-state index in [9.17, 15) is 14.9 Å². The van der Waals surface area contributed by atoms with Crippen LogP contribution in [-0.4, -0.2) is 23.9 Å². The van der Waals surface area contributed by atoms with Crippen molar-refractivity contribution in [3.63, 3.8) is 0 Å². The first-order chi connectivity index (χ1) is 12.1. The molecule has 25 heavy (non-hydrogen) atoms. The summed E-state index contributed by atoms with van der Waals surface area (Å²) in [6.45, 7) is 1.93. The number of amides is 2. The lowest BCUT2D eigenvalue weighted by Crippen LogP contribution is -2.42. The van der Waals surface area contributed by atoms with Crippen molar-refractivity contribution in [2.75, 3.05) is 4.90 Å². The molecule has 2 atom stereocenters. The zero-order chi connectivity index (χ0) is 17.8. The molecular weight excluding hydrogens is 318 g/mol. The first-order valence-electron chi connectivity index (χ1n) is 7.94. The number of hydrogen-bond donors (Lipinski definition) is 1. The Labute approximate surface area is 145 Å². The maximum absolute atomic E-state index is 12.7. The molecule has 1 aromatic heterocycles. The van der Waals surface area contributed by atoms with E-state index in [4.69, 9.17) is 4.42 Å². The molecular formula is C19H17N3O3. The van der Waals surface area contributed by atoms with Gasteiger partial charge in [0.25, 0.3) is 5.91 Å². The third-order valence-corrected chi connectivity index (χ3v) is 4.09. The average Bonchev–Trinajstić information content (AvgIpc) is 3.22. The van der Waals surface area contributed by atoms with Crippen LogP contribution in [0.3, 0.4) is 0 Å². The predicted octanol–water partition coefficient (Wildman–Crippen LogP) is 2.50. The second-order valence-electron chi connectivity index (χ2n) is 5.84. The molecule has 0 saturated carbocycles. The molecule has 0 radical (unpaired) electrons. The number of nitriles is 1. The van der Waals surface area contributed by atoms with Gasteiger partial charge in [0.2, 0.25) is 5.91 Å². The van der Waals surface area contributed by atoms with E-state index in [0.717, 1.165) is 5.69 Å². The Morgan fingerprint density at radius 2 is 2.08 bits per heavy atom. The minimum absolute atomic E-state index is 0.0419. The summed E-state index contributed by atoms with van der Waals surface area (Å²) in [7, 11) is 0. The van der Waals surface area contributed by atoms with Gasteiger partial charge in [-0.15, -0.1) is 0 Å². The third kappa shape index (κ3) is 3.45. The van der Waals surface area contributed by atoms with Crippen LogP contribution in [-0.2, 0) is 9.59 Å². The van der Waals surface area contributed by atoms with E-state index in [2.05, 4.69) is 5.32 Å². The molecule has 2 unspecified atom stereocenters. The highest BCUT2D eigenvalue weighted by molar-refractivity contribution is 6.06. The van der Waals surface area contributed by atoms with Crippen LogP contribution in [0, 0.1) is 11.3 Å². The summed E-state index contributed by atoms with van der Waals surface area (Å²) < 4.78 is 5.12. The lowest BCUT2D eigenvalue weighted by atomic mass is 10.1. The van der Waals surface area contributed by atoms with Crippen LogP contribution in [0.2, 0.25) is 0 Å². The monoisotopic (exact) mass is 335 g/mol. The van der Waals surface area contributed by atoms with Crippen molar-refractivity contribution in [2.45, 2.75) is 25.4 Å². The van der Waals surface area contributed by atoms with E-state index in [1.165, 1.54) is 12.3 Å². The van der Waals surface area contributed by atoms with Gasteiger partial charge >= 0.3 is 0 Å². The topological polar surface area (TPSA) is 86.3 Å². The minimum atomic E-state index is -0.656. The van der Waals surface area contributed by atoms with Gasteiger partial charge in [-0.2, -0.15) is 5.26 Å². The van der Waals surface area contributed by atoms with E-state index < -0.39 is 11.9 Å². The molecule has 0 spiro atoms. The number of carbonyl (C=O) groups is 2. The van der Waals surface area contributed by atoms with E-state index >= 15 is 0 Å². The molecule has 2 heterocycles. The first kappa shape index (κ1) is 16.5. The highest BCUT2D eigenvalue weighted by Gasteiger charge is 2.39. The summed E-state index contributed by atoms with van der Waals surface area (Å²) in [4.78, 5) is 26.7. The molecule has 3 rings (SSSR count). The smallest absolute Gasteiger partial charge is 0.262 e. The maximum atomic E-state index is 12.7. The van der Waals surface area contributed by atoms with Gasteiger partial charge in [0, 0.05) is 17.8 Å². The standard InChI is InChI=1S/C19H17N3O3/c1-13-10-17(19(24)22(13)15-6-3-2-4-7-15)21-18(23)14(12-20)11-16-8-5-9-25-16/h2-9,11,13,17H,10H2,1H3,(H,21,23)/b14-11-. The number of nitrogens with zero attached hydrogens (tertiary/aromatic N) is 2. The molecule has 1 N–H and O–H groups in total. The molecule has 0 bridgehead atoms. The Morgan fingerprint density at radius 1 is 1.32 bits per heavy atom. The fourth-order valence-electron chi connectivity index (χ4n) is 2.92. The van der Waals surface area contributed by atoms with Gasteiger partial charge in [0.15, 0.2) is 0 Å². The van der Waals surface area contributed by atoms with Crippen molar-refractivity contribution in [3.05, 3.63) is 60.1 Å². The summed E-state index contributed by atoms with van der Waals surface area (Å²) >= 11 is 0. The van der Waals surface area contributed by atoms with Crippen molar-refractivity contribution >= 4 is 23.6 Å². The molecule has 1 saturated heterocycles. The lowest BCUT2D eigenvalue weighted by Gasteiger charge is -2.21. The molecule has 1 aromatic carbocycles. The van der Waals surface area contributed by atoms with Crippen LogP contribution in [0.15, 0.2) is 58.7 Å². The number of furan rings is 1. The SMILES string of the molecule is CC1CC(NC(=O)/C(C#N)=C\c2ccco2)C(=O)N1c1ccccc1. The molecule has 2 aromatic rings. The molecule has 2 amide bonds. The third-order valence-electron chi connectivity index (χ3n) is 4.09. The minimum Gasteiger partial charge on any atom is -0.465 e. The van der Waals surface area contributed by atoms with Gasteiger partial charge in [0.05, 0.1) is 6.26 Å². The summed E-state index contributed by atoms with van der Waals surface area (Å²) in [6.07, 6.45) is 3.30. The van der Waals surface area contributed by atoms with Gasteiger partial charge in [-0.05, 0) is 37.6 Å². The average molecular weight is 335 g/mol. The van der Waals surface area contributed by atoms with Gasteiger partial charge < -0.3 is 14.6 Å². The van der Waals surface area contributed by atoms with Crippen molar-refractivity contribution in [2.24, 2.45) is 0 Å². The highest BCUT2D eigenvalue weighted by atomic mass is 16.3. The van der Waals surface area contributed by atoms with Crippen molar-refractivity contribution in [1.82, 2.24) is 5.32 Å². The molecule has 1 aliphatic heterocycles. The van der Waals surface area contributed by atoms with Gasteiger partial charge in [0.1, 0.15) is 23.4 Å². The molecule has 126 valence electrons. The summed E-state index contributed by atoms with van der Waals surface area (Å²) in [5, 5.41) is 11.9. The van der Waals surface area contributed by atoms with Crippen molar-refractivity contribution < 1.29 is 14.0 Å². The first-order valence-corrected chi connectivity index (χ1v) is 7.94. The fraction of sp³-hybridized carbons (Fsp3) is 0.211. The lowest BCUT2D eigenvalue weighted by molar-refractivity contribution is -0.124. The van der Waals surface area contributed by atoms with E-state index in [-0.39, 0.29) is 17.5 Å². The Balaban J connectivity index is 1.74. The van der Waals surface area contributed by atoms with Gasteiger partial charge in [-0.25, -0.2) is 0 Å². The number of hydrogen-bond acceptors (Lipinski definition) is 4. The zero-order valence-corrected chi connectivity index (χ0v) is 13.7.